The third-order valence-electron chi connectivity index (χ3n) is 5.53. The number of nitrogens with one attached hydrogen (secondary N) is 1. The number of nitrogens with two attached hydrogens (primary N) is 1. The summed E-state index contributed by atoms with van der Waals surface area (Å²) in [5.41, 5.74) is 8.71. The van der Waals surface area contributed by atoms with E-state index in [2.05, 4.69) is 0 Å². The maximum Gasteiger partial charge on any atom is 0.339 e. The van der Waals surface area contributed by atoms with Gasteiger partial charge in [-0.05, 0) is 53.1 Å². The fraction of sp³-hybridized carbons (Fsp3) is 0.0800. The average molecular weight is 443 g/mol. The Bertz CT molecular complexity index is 1420. The lowest BCUT2D eigenvalue weighted by atomic mass is 9.93. The minimum Gasteiger partial charge on any atom is -0.496 e. The number of fused-ring (bicyclic) bond motifs is 1. The van der Waals surface area contributed by atoms with Crippen LogP contribution in [0, 0.1) is 5.41 Å². The molecule has 4 aromatic rings. The maximum absolute atomic E-state index is 12.0. The molecular formula is C25H21N3O5. The van der Waals surface area contributed by atoms with E-state index in [1.807, 2.05) is 41.1 Å². The van der Waals surface area contributed by atoms with Crippen molar-refractivity contribution in [2.45, 2.75) is 6.54 Å². The first-order chi connectivity index (χ1) is 15.8. The first-order valence-electron chi connectivity index (χ1n) is 10.0. The molecule has 0 fully saturated rings. The number of amidine groups is 1. The fourth-order valence-electron chi connectivity index (χ4n) is 3.93. The van der Waals surface area contributed by atoms with Crippen molar-refractivity contribution in [3.05, 3.63) is 89.1 Å². The molecule has 0 saturated heterocycles. The summed E-state index contributed by atoms with van der Waals surface area (Å²) in [5.74, 6) is -2.41. The molecule has 0 amide bonds. The van der Waals surface area contributed by atoms with Crippen LogP contribution in [0.15, 0.2) is 66.9 Å². The Morgan fingerprint density at radius 2 is 1.70 bits per heavy atom. The van der Waals surface area contributed by atoms with Crippen LogP contribution in [0.3, 0.4) is 0 Å². The van der Waals surface area contributed by atoms with Crippen LogP contribution in [0.5, 0.6) is 5.75 Å². The highest BCUT2D eigenvalue weighted by atomic mass is 16.5. The summed E-state index contributed by atoms with van der Waals surface area (Å²) in [4.78, 5) is 23.8. The van der Waals surface area contributed by atoms with E-state index in [1.54, 1.807) is 18.2 Å². The van der Waals surface area contributed by atoms with Crippen LogP contribution >= 0.6 is 0 Å². The van der Waals surface area contributed by atoms with Crippen molar-refractivity contribution in [3.63, 3.8) is 0 Å². The molecule has 0 aliphatic rings. The van der Waals surface area contributed by atoms with Gasteiger partial charge in [0, 0.05) is 29.2 Å². The van der Waals surface area contributed by atoms with E-state index < -0.39 is 11.9 Å². The van der Waals surface area contributed by atoms with Gasteiger partial charge in [-0.15, -0.1) is 0 Å². The Morgan fingerprint density at radius 3 is 2.36 bits per heavy atom. The summed E-state index contributed by atoms with van der Waals surface area (Å²) < 4.78 is 7.11. The predicted octanol–water partition coefficient (Wildman–Crippen LogP) is 4.05. The Kier molecular flexibility index (Phi) is 5.58. The molecule has 0 spiro atoms. The molecule has 3 aromatic carbocycles. The molecule has 33 heavy (non-hydrogen) atoms. The molecule has 0 bridgehead atoms. The number of hydrogen-bond acceptors (Lipinski definition) is 4. The third kappa shape index (κ3) is 4.01. The van der Waals surface area contributed by atoms with Gasteiger partial charge < -0.3 is 25.3 Å². The van der Waals surface area contributed by atoms with E-state index in [0.717, 1.165) is 16.5 Å². The highest BCUT2D eigenvalue weighted by Gasteiger charge is 2.22. The molecule has 1 aromatic heterocycles. The van der Waals surface area contributed by atoms with E-state index in [0.29, 0.717) is 23.2 Å². The van der Waals surface area contributed by atoms with Crippen molar-refractivity contribution in [3.8, 4) is 16.9 Å². The number of carbonyl (C=O) groups is 2. The largest absolute Gasteiger partial charge is 0.496 e. The monoisotopic (exact) mass is 443 g/mol. The van der Waals surface area contributed by atoms with Gasteiger partial charge in [-0.3, -0.25) is 5.41 Å². The van der Waals surface area contributed by atoms with Gasteiger partial charge >= 0.3 is 11.9 Å². The van der Waals surface area contributed by atoms with Gasteiger partial charge in [0.05, 0.1) is 12.7 Å². The highest BCUT2D eigenvalue weighted by Crippen LogP contribution is 2.34. The lowest BCUT2D eigenvalue weighted by Gasteiger charge is -2.16. The molecule has 166 valence electrons. The SMILES string of the molecule is COc1cc(C(=O)O)c(-c2ccccc2Cn2ccc3cc(C(=N)N)ccc32)cc1C(=O)O. The van der Waals surface area contributed by atoms with Gasteiger partial charge in [0.25, 0.3) is 0 Å². The molecule has 8 heteroatoms. The Balaban J connectivity index is 1.85. The molecule has 0 aliphatic carbocycles. The summed E-state index contributed by atoms with van der Waals surface area (Å²) in [6, 6.07) is 17.3. The van der Waals surface area contributed by atoms with Gasteiger partial charge in [0.1, 0.15) is 17.1 Å². The molecule has 0 saturated carbocycles. The zero-order chi connectivity index (χ0) is 23.7. The first kappa shape index (κ1) is 21.6. The molecule has 0 unspecified atom stereocenters. The van der Waals surface area contributed by atoms with Gasteiger partial charge in [0.2, 0.25) is 0 Å². The lowest BCUT2D eigenvalue weighted by Crippen LogP contribution is -2.10. The second-order valence-corrected chi connectivity index (χ2v) is 7.50. The van der Waals surface area contributed by atoms with Crippen LogP contribution in [-0.2, 0) is 6.54 Å². The van der Waals surface area contributed by atoms with Crippen molar-refractivity contribution < 1.29 is 24.5 Å². The predicted molar refractivity (Wildman–Crippen MR) is 124 cm³/mol. The van der Waals surface area contributed by atoms with E-state index in [1.165, 1.54) is 19.2 Å². The topological polar surface area (TPSA) is 139 Å². The van der Waals surface area contributed by atoms with Crippen LogP contribution in [0.2, 0.25) is 0 Å². The smallest absolute Gasteiger partial charge is 0.339 e. The van der Waals surface area contributed by atoms with Gasteiger partial charge in [-0.2, -0.15) is 0 Å². The van der Waals surface area contributed by atoms with Crippen LogP contribution in [0.4, 0.5) is 0 Å². The molecule has 0 aliphatic heterocycles. The molecular weight excluding hydrogens is 422 g/mol. The van der Waals surface area contributed by atoms with Crippen molar-refractivity contribution in [1.29, 1.82) is 5.41 Å². The van der Waals surface area contributed by atoms with Crippen LogP contribution in [-0.4, -0.2) is 39.7 Å². The van der Waals surface area contributed by atoms with E-state index in [-0.39, 0.29) is 22.7 Å². The van der Waals surface area contributed by atoms with E-state index >= 15 is 0 Å². The standard InChI is InChI=1S/C25H21N3O5/c1-33-22-12-19(24(29)30)18(11-20(22)25(31)32)17-5-3-2-4-16(17)13-28-9-8-14-10-15(23(26)27)6-7-21(14)28/h2-12H,13H2,1H3,(H3,26,27)(H,29,30)(H,31,32). The number of rotatable bonds is 7. The Labute approximate surface area is 189 Å². The Hall–Kier alpha value is -4.59. The van der Waals surface area contributed by atoms with E-state index in [4.69, 9.17) is 15.9 Å². The fourth-order valence-corrected chi connectivity index (χ4v) is 3.93. The number of nitrogen functional groups attached to an aromatic ring is 1. The Morgan fingerprint density at radius 1 is 0.970 bits per heavy atom. The van der Waals surface area contributed by atoms with Crippen LogP contribution < -0.4 is 10.5 Å². The number of aromatic carboxylic acids is 2. The summed E-state index contributed by atoms with van der Waals surface area (Å²) in [6.45, 7) is 0.423. The number of methoxy groups -OCH3 is 1. The van der Waals surface area contributed by atoms with Crippen molar-refractivity contribution in [2.75, 3.05) is 7.11 Å². The number of carboxylic acid groups (broad SMARTS) is 2. The number of carboxylic acids is 2. The molecule has 0 atom stereocenters. The van der Waals surface area contributed by atoms with Crippen LogP contribution in [0.25, 0.3) is 22.0 Å². The van der Waals surface area contributed by atoms with Crippen molar-refractivity contribution in [2.24, 2.45) is 5.73 Å². The number of hydrogen-bond donors (Lipinski definition) is 4. The second kappa shape index (κ2) is 8.51. The number of aromatic nitrogens is 1. The summed E-state index contributed by atoms with van der Waals surface area (Å²) in [5, 5.41) is 27.9. The zero-order valence-corrected chi connectivity index (χ0v) is 17.7. The number of ether oxygens (including phenoxy) is 1. The summed E-state index contributed by atoms with van der Waals surface area (Å²) in [6.07, 6.45) is 1.90. The molecule has 8 nitrogen and oxygen atoms in total. The normalized spacial score (nSPS) is 10.8. The van der Waals surface area contributed by atoms with Crippen molar-refractivity contribution in [1.82, 2.24) is 4.57 Å². The van der Waals surface area contributed by atoms with Crippen molar-refractivity contribution >= 4 is 28.7 Å². The maximum atomic E-state index is 12.0. The van der Waals surface area contributed by atoms with E-state index in [9.17, 15) is 19.8 Å². The number of nitrogens with zero attached hydrogens (tertiary/aromatic N) is 1. The molecule has 1 heterocycles. The molecule has 4 rings (SSSR count). The van der Waals surface area contributed by atoms with Gasteiger partial charge in [-0.1, -0.05) is 24.3 Å². The zero-order valence-electron chi connectivity index (χ0n) is 17.7. The second-order valence-electron chi connectivity index (χ2n) is 7.50. The first-order valence-corrected chi connectivity index (χ1v) is 10.0. The average Bonchev–Trinajstić information content (AvgIpc) is 3.20. The molecule has 5 N–H and O–H groups in total. The van der Waals surface area contributed by atoms with Crippen LogP contribution in [0.1, 0.15) is 31.8 Å². The highest BCUT2D eigenvalue weighted by molar-refractivity contribution is 6.01. The minimum absolute atomic E-state index is 0.00932. The lowest BCUT2D eigenvalue weighted by molar-refractivity contribution is 0.0678. The van der Waals surface area contributed by atoms with Gasteiger partial charge in [-0.25, -0.2) is 9.59 Å². The third-order valence-corrected chi connectivity index (χ3v) is 5.53. The number of benzene rings is 3. The molecule has 0 radical (unpaired) electrons. The summed E-state index contributed by atoms with van der Waals surface area (Å²) >= 11 is 0. The van der Waals surface area contributed by atoms with Gasteiger partial charge in [0.15, 0.2) is 0 Å². The quantitative estimate of drug-likeness (QED) is 0.251. The minimum atomic E-state index is -1.21. The summed E-state index contributed by atoms with van der Waals surface area (Å²) in [7, 11) is 1.30.